The summed E-state index contributed by atoms with van der Waals surface area (Å²) >= 11 is 0. The van der Waals surface area contributed by atoms with Crippen molar-refractivity contribution in [3.8, 4) is 5.69 Å². The summed E-state index contributed by atoms with van der Waals surface area (Å²) in [6.45, 7) is 1.82. The lowest BCUT2D eigenvalue weighted by Crippen LogP contribution is -2.12. The Morgan fingerprint density at radius 3 is 2.30 bits per heavy atom. The van der Waals surface area contributed by atoms with E-state index in [2.05, 4.69) is 10.1 Å². The third kappa shape index (κ3) is 3.46. The van der Waals surface area contributed by atoms with Crippen LogP contribution in [-0.4, -0.2) is 23.2 Å². The highest BCUT2D eigenvalue weighted by Crippen LogP contribution is 2.16. The summed E-state index contributed by atoms with van der Waals surface area (Å²) in [5.41, 5.74) is 1.87. The summed E-state index contributed by atoms with van der Waals surface area (Å²) in [5, 5.41) is 9.51. The molecule has 1 heterocycles. The van der Waals surface area contributed by atoms with Gasteiger partial charge >= 0.3 is 0 Å². The predicted octanol–water partition coefficient (Wildman–Crippen LogP) is 1.81. The lowest BCUT2D eigenvalue weighted by atomic mass is 10.1. The van der Waals surface area contributed by atoms with Crippen molar-refractivity contribution >= 4 is 10.0 Å². The molecule has 3 rings (SSSR count). The van der Waals surface area contributed by atoms with Gasteiger partial charge in [-0.2, -0.15) is 5.10 Å². The average molecular weight is 328 g/mol. The summed E-state index contributed by atoms with van der Waals surface area (Å²) in [6.07, 6.45) is 0.638. The minimum atomic E-state index is -3.70. The van der Waals surface area contributed by atoms with E-state index in [4.69, 9.17) is 5.14 Å². The number of benzene rings is 2. The molecule has 0 aliphatic rings. The maximum atomic E-state index is 11.3. The topological polar surface area (TPSA) is 90.9 Å². The van der Waals surface area contributed by atoms with Crippen molar-refractivity contribution in [1.29, 1.82) is 0 Å². The molecule has 0 spiro atoms. The highest BCUT2D eigenvalue weighted by Gasteiger charge is 2.12. The smallest absolute Gasteiger partial charge is 0.225 e. The molecule has 2 N–H and O–H groups in total. The van der Waals surface area contributed by atoms with Crippen molar-refractivity contribution in [1.82, 2.24) is 14.8 Å². The first-order chi connectivity index (χ1) is 10.9. The van der Waals surface area contributed by atoms with E-state index in [0.29, 0.717) is 12.2 Å². The molecule has 0 fully saturated rings. The molecule has 0 amide bonds. The Kier molecular flexibility index (Phi) is 3.97. The number of hydrogen-bond donors (Lipinski definition) is 1. The molecule has 0 radical (unpaired) electrons. The van der Waals surface area contributed by atoms with E-state index < -0.39 is 10.0 Å². The summed E-state index contributed by atoms with van der Waals surface area (Å²) in [6, 6.07) is 16.2. The van der Waals surface area contributed by atoms with E-state index in [9.17, 15) is 8.42 Å². The van der Waals surface area contributed by atoms with Gasteiger partial charge in [0, 0.05) is 6.42 Å². The molecule has 6 nitrogen and oxygen atoms in total. The third-order valence-electron chi connectivity index (χ3n) is 3.39. The monoisotopic (exact) mass is 328 g/mol. The molecule has 3 aromatic rings. The molecule has 1 aromatic heterocycles. The van der Waals surface area contributed by atoms with Crippen LogP contribution in [-0.2, 0) is 16.4 Å². The second kappa shape index (κ2) is 5.94. The van der Waals surface area contributed by atoms with Gasteiger partial charge in [-0.05, 0) is 36.8 Å². The molecule has 0 saturated carbocycles. The van der Waals surface area contributed by atoms with Gasteiger partial charge in [0.1, 0.15) is 11.6 Å². The zero-order valence-corrected chi connectivity index (χ0v) is 13.4. The molecule has 0 atom stereocenters. The Balaban J connectivity index is 1.97. The first-order valence-corrected chi connectivity index (χ1v) is 8.58. The van der Waals surface area contributed by atoms with Crippen LogP contribution in [0.4, 0.5) is 0 Å². The average Bonchev–Trinajstić information content (AvgIpc) is 2.88. The summed E-state index contributed by atoms with van der Waals surface area (Å²) in [7, 11) is -3.70. The van der Waals surface area contributed by atoms with Gasteiger partial charge in [-0.3, -0.25) is 0 Å². The molecule has 0 aliphatic heterocycles. The number of nitrogens with zero attached hydrogens (tertiary/aromatic N) is 3. The highest BCUT2D eigenvalue weighted by molar-refractivity contribution is 7.89. The van der Waals surface area contributed by atoms with Gasteiger partial charge in [-0.25, -0.2) is 23.2 Å². The normalized spacial score (nSPS) is 11.6. The van der Waals surface area contributed by atoms with Crippen LogP contribution in [0.3, 0.4) is 0 Å². The zero-order chi connectivity index (χ0) is 16.4. The van der Waals surface area contributed by atoms with Crippen LogP contribution in [0.1, 0.15) is 17.2 Å². The van der Waals surface area contributed by atoms with E-state index in [1.54, 1.807) is 16.8 Å². The van der Waals surface area contributed by atoms with E-state index in [1.807, 2.05) is 37.3 Å². The van der Waals surface area contributed by atoms with Crippen molar-refractivity contribution in [2.75, 3.05) is 0 Å². The van der Waals surface area contributed by atoms with E-state index in [-0.39, 0.29) is 4.90 Å². The molecule has 0 saturated heterocycles. The maximum Gasteiger partial charge on any atom is 0.238 e. The van der Waals surface area contributed by atoms with Gasteiger partial charge in [-0.1, -0.05) is 30.3 Å². The van der Waals surface area contributed by atoms with Crippen molar-refractivity contribution in [3.05, 3.63) is 71.8 Å². The Labute approximate surface area is 134 Å². The molecule has 0 aliphatic carbocycles. The standard InChI is InChI=1S/C16H16N4O2S/c1-12-18-16(11-13-5-3-2-4-6-13)20(19-12)14-7-9-15(10-8-14)23(17,21)22/h2-10H,11H2,1H3,(H2,17,21,22). The van der Waals surface area contributed by atoms with Gasteiger partial charge in [0.15, 0.2) is 0 Å². The van der Waals surface area contributed by atoms with Crippen molar-refractivity contribution in [2.24, 2.45) is 5.14 Å². The molecule has 2 aromatic carbocycles. The van der Waals surface area contributed by atoms with Gasteiger partial charge in [-0.15, -0.1) is 0 Å². The van der Waals surface area contributed by atoms with Gasteiger partial charge < -0.3 is 0 Å². The Morgan fingerprint density at radius 1 is 1.04 bits per heavy atom. The van der Waals surface area contributed by atoms with Gasteiger partial charge in [0.05, 0.1) is 10.6 Å². The lowest BCUT2D eigenvalue weighted by Gasteiger charge is -2.07. The number of nitrogens with two attached hydrogens (primary N) is 1. The van der Waals surface area contributed by atoms with Crippen molar-refractivity contribution in [3.63, 3.8) is 0 Å². The maximum absolute atomic E-state index is 11.3. The third-order valence-corrected chi connectivity index (χ3v) is 4.32. The van der Waals surface area contributed by atoms with E-state index >= 15 is 0 Å². The molecule has 0 bridgehead atoms. The van der Waals surface area contributed by atoms with E-state index in [1.165, 1.54) is 12.1 Å². The number of sulfonamides is 1. The zero-order valence-electron chi connectivity index (χ0n) is 12.5. The minimum absolute atomic E-state index is 0.0719. The van der Waals surface area contributed by atoms with Gasteiger partial charge in [0.25, 0.3) is 0 Å². The molecule has 7 heteroatoms. The van der Waals surface area contributed by atoms with Crippen molar-refractivity contribution in [2.45, 2.75) is 18.2 Å². The minimum Gasteiger partial charge on any atom is -0.225 e. The van der Waals surface area contributed by atoms with Crippen LogP contribution >= 0.6 is 0 Å². The number of rotatable bonds is 4. The number of primary sulfonamides is 1. The fourth-order valence-corrected chi connectivity index (χ4v) is 2.85. The van der Waals surface area contributed by atoms with Crippen LogP contribution < -0.4 is 5.14 Å². The van der Waals surface area contributed by atoms with Crippen molar-refractivity contribution < 1.29 is 8.42 Å². The number of aromatic nitrogens is 3. The van der Waals surface area contributed by atoms with Crippen LogP contribution in [0.5, 0.6) is 0 Å². The second-order valence-electron chi connectivity index (χ2n) is 5.19. The van der Waals surface area contributed by atoms with E-state index in [0.717, 1.165) is 17.1 Å². The number of hydrogen-bond acceptors (Lipinski definition) is 4. The second-order valence-corrected chi connectivity index (χ2v) is 6.75. The molecular formula is C16H16N4O2S. The van der Waals surface area contributed by atoms with Crippen LogP contribution in [0.2, 0.25) is 0 Å². The largest absolute Gasteiger partial charge is 0.238 e. The summed E-state index contributed by atoms with van der Waals surface area (Å²) in [5.74, 6) is 1.45. The first-order valence-electron chi connectivity index (χ1n) is 7.03. The highest BCUT2D eigenvalue weighted by atomic mass is 32.2. The van der Waals surface area contributed by atoms with Crippen LogP contribution in [0.15, 0.2) is 59.5 Å². The summed E-state index contributed by atoms with van der Waals surface area (Å²) in [4.78, 5) is 4.53. The first kappa shape index (κ1) is 15.4. The molecule has 23 heavy (non-hydrogen) atoms. The number of aryl methyl sites for hydroxylation is 1. The fraction of sp³-hybridized carbons (Fsp3) is 0.125. The quantitative estimate of drug-likeness (QED) is 0.791. The van der Waals surface area contributed by atoms with Gasteiger partial charge in [0.2, 0.25) is 10.0 Å². The predicted molar refractivity (Wildman–Crippen MR) is 86.7 cm³/mol. The lowest BCUT2D eigenvalue weighted by molar-refractivity contribution is 0.598. The Bertz CT molecular complexity index is 916. The molecule has 0 unspecified atom stereocenters. The Hall–Kier alpha value is -2.51. The molecular weight excluding hydrogens is 312 g/mol. The van der Waals surface area contributed by atoms with Crippen LogP contribution in [0.25, 0.3) is 5.69 Å². The Morgan fingerprint density at radius 2 is 1.70 bits per heavy atom. The summed E-state index contributed by atoms with van der Waals surface area (Å²) < 4.78 is 24.4. The molecule has 118 valence electrons. The SMILES string of the molecule is Cc1nc(Cc2ccccc2)n(-c2ccc(S(N)(=O)=O)cc2)n1. The fourth-order valence-electron chi connectivity index (χ4n) is 2.34. The van der Waals surface area contributed by atoms with Crippen LogP contribution in [0, 0.1) is 6.92 Å².